The van der Waals surface area contributed by atoms with Gasteiger partial charge in [-0.15, -0.1) is 0 Å². The molecule has 3 amide bonds. The van der Waals surface area contributed by atoms with Crippen molar-refractivity contribution < 1.29 is 19.1 Å². The average Bonchev–Trinajstić information content (AvgIpc) is 2.93. The molecule has 0 aromatic heterocycles. The summed E-state index contributed by atoms with van der Waals surface area (Å²) in [5.74, 6) is -0.102. The third-order valence-corrected chi connectivity index (χ3v) is 5.08. The lowest BCUT2D eigenvalue weighted by Crippen LogP contribution is -2.31. The Bertz CT molecular complexity index is 862. The summed E-state index contributed by atoms with van der Waals surface area (Å²) in [5, 5.41) is 2.84. The van der Waals surface area contributed by atoms with Crippen LogP contribution in [0, 0.1) is 0 Å². The molecule has 7 heteroatoms. The van der Waals surface area contributed by atoms with Gasteiger partial charge in [-0.05, 0) is 59.1 Å². The average molecular weight is 431 g/mol. The maximum absolute atomic E-state index is 12.3. The van der Waals surface area contributed by atoms with E-state index in [1.54, 1.807) is 49.6 Å². The molecule has 0 bridgehead atoms. The topological polar surface area (TPSA) is 75.7 Å². The summed E-state index contributed by atoms with van der Waals surface area (Å²) < 4.78 is 5.82. The smallest absolute Gasteiger partial charge is 0.261 e. The van der Waals surface area contributed by atoms with Gasteiger partial charge in [-0.25, -0.2) is 0 Å². The standard InChI is InChI=1S/C20H19BrN2O4/c1-27-13-8-9-17(21)16(12-13)18(24)22-10-4-5-11-23-19(25)14-6-2-3-7-15(14)20(23)26/h2-3,6-9,12H,4-5,10-11H2,1H3,(H,22,24). The maximum atomic E-state index is 12.3. The number of ether oxygens (including phenoxy) is 1. The number of imide groups is 1. The van der Waals surface area contributed by atoms with Crippen molar-refractivity contribution in [1.29, 1.82) is 0 Å². The lowest BCUT2D eigenvalue weighted by Gasteiger charge is -2.14. The van der Waals surface area contributed by atoms with Crippen molar-refractivity contribution in [1.82, 2.24) is 10.2 Å². The molecule has 27 heavy (non-hydrogen) atoms. The fourth-order valence-electron chi connectivity index (χ4n) is 2.94. The van der Waals surface area contributed by atoms with Crippen LogP contribution in [0.25, 0.3) is 0 Å². The van der Waals surface area contributed by atoms with Gasteiger partial charge in [-0.3, -0.25) is 19.3 Å². The molecule has 2 aromatic carbocycles. The molecule has 1 aliphatic heterocycles. The summed E-state index contributed by atoms with van der Waals surface area (Å²) in [6, 6.07) is 12.0. The molecule has 0 aliphatic carbocycles. The van der Waals surface area contributed by atoms with Crippen molar-refractivity contribution in [2.24, 2.45) is 0 Å². The molecule has 0 unspecified atom stereocenters. The monoisotopic (exact) mass is 430 g/mol. The van der Waals surface area contributed by atoms with Crippen molar-refractivity contribution in [2.45, 2.75) is 12.8 Å². The van der Waals surface area contributed by atoms with Gasteiger partial charge >= 0.3 is 0 Å². The summed E-state index contributed by atoms with van der Waals surface area (Å²) in [6.07, 6.45) is 1.27. The number of carbonyl (C=O) groups excluding carboxylic acids is 3. The number of unbranched alkanes of at least 4 members (excludes halogenated alkanes) is 1. The first-order valence-electron chi connectivity index (χ1n) is 8.60. The molecule has 0 fully saturated rings. The van der Waals surface area contributed by atoms with E-state index in [0.29, 0.717) is 52.8 Å². The summed E-state index contributed by atoms with van der Waals surface area (Å²) in [6.45, 7) is 0.788. The lowest BCUT2D eigenvalue weighted by atomic mass is 10.1. The third-order valence-electron chi connectivity index (χ3n) is 4.39. The Kier molecular flexibility index (Phi) is 5.91. The van der Waals surface area contributed by atoms with Crippen LogP contribution < -0.4 is 10.1 Å². The zero-order valence-corrected chi connectivity index (χ0v) is 16.4. The highest BCUT2D eigenvalue weighted by Crippen LogP contribution is 2.23. The third kappa shape index (κ3) is 4.03. The minimum absolute atomic E-state index is 0.207. The van der Waals surface area contributed by atoms with Crippen LogP contribution in [0.4, 0.5) is 0 Å². The Morgan fingerprint density at radius 1 is 1.07 bits per heavy atom. The number of benzene rings is 2. The Hall–Kier alpha value is -2.67. The van der Waals surface area contributed by atoms with Gasteiger partial charge in [-0.2, -0.15) is 0 Å². The molecule has 6 nitrogen and oxygen atoms in total. The quantitative estimate of drug-likeness (QED) is 0.540. The summed E-state index contributed by atoms with van der Waals surface area (Å²) in [7, 11) is 1.55. The second kappa shape index (κ2) is 8.35. The minimum atomic E-state index is -0.250. The van der Waals surface area contributed by atoms with Crippen LogP contribution in [0.2, 0.25) is 0 Å². The number of fused-ring (bicyclic) bond motifs is 1. The van der Waals surface area contributed by atoms with Gasteiger partial charge in [-0.1, -0.05) is 12.1 Å². The Morgan fingerprint density at radius 3 is 2.37 bits per heavy atom. The van der Waals surface area contributed by atoms with E-state index in [1.807, 2.05) is 0 Å². The van der Waals surface area contributed by atoms with Crippen molar-refractivity contribution in [3.8, 4) is 5.75 Å². The normalized spacial score (nSPS) is 12.9. The molecule has 1 N–H and O–H groups in total. The Morgan fingerprint density at radius 2 is 1.74 bits per heavy atom. The van der Waals surface area contributed by atoms with Crippen molar-refractivity contribution >= 4 is 33.7 Å². The van der Waals surface area contributed by atoms with E-state index in [-0.39, 0.29) is 17.7 Å². The van der Waals surface area contributed by atoms with Crippen LogP contribution in [0.3, 0.4) is 0 Å². The van der Waals surface area contributed by atoms with E-state index in [2.05, 4.69) is 21.2 Å². The van der Waals surface area contributed by atoms with Crippen LogP contribution in [0.1, 0.15) is 43.9 Å². The molecule has 1 aliphatic rings. The number of amides is 3. The zero-order chi connectivity index (χ0) is 19.4. The lowest BCUT2D eigenvalue weighted by molar-refractivity contribution is 0.0650. The van der Waals surface area contributed by atoms with E-state index in [9.17, 15) is 14.4 Å². The van der Waals surface area contributed by atoms with E-state index in [1.165, 1.54) is 4.90 Å². The van der Waals surface area contributed by atoms with Crippen molar-refractivity contribution in [3.63, 3.8) is 0 Å². The highest BCUT2D eigenvalue weighted by Gasteiger charge is 2.34. The molecule has 1 heterocycles. The molecule has 0 atom stereocenters. The van der Waals surface area contributed by atoms with E-state index in [0.717, 1.165) is 0 Å². The molecule has 2 aromatic rings. The SMILES string of the molecule is COc1ccc(Br)c(C(=O)NCCCCN2C(=O)c3ccccc3C2=O)c1. The summed E-state index contributed by atoms with van der Waals surface area (Å²) >= 11 is 3.36. The molecular formula is C20H19BrN2O4. The van der Waals surface area contributed by atoms with Crippen LogP contribution in [0.15, 0.2) is 46.9 Å². The van der Waals surface area contributed by atoms with Gasteiger partial charge in [0.2, 0.25) is 0 Å². The van der Waals surface area contributed by atoms with Gasteiger partial charge in [0.05, 0.1) is 23.8 Å². The van der Waals surface area contributed by atoms with Crippen molar-refractivity contribution in [3.05, 3.63) is 63.6 Å². The summed E-state index contributed by atoms with van der Waals surface area (Å²) in [4.78, 5) is 38.1. The van der Waals surface area contributed by atoms with E-state index >= 15 is 0 Å². The summed E-state index contributed by atoms with van der Waals surface area (Å²) in [5.41, 5.74) is 1.41. The predicted octanol–water partition coefficient (Wildman–Crippen LogP) is 3.26. The van der Waals surface area contributed by atoms with Crippen LogP contribution >= 0.6 is 15.9 Å². The van der Waals surface area contributed by atoms with Crippen molar-refractivity contribution in [2.75, 3.05) is 20.2 Å². The number of rotatable bonds is 7. The number of hydrogen-bond acceptors (Lipinski definition) is 4. The fraction of sp³-hybridized carbons (Fsp3) is 0.250. The van der Waals surface area contributed by atoms with Gasteiger partial charge in [0, 0.05) is 17.6 Å². The molecule has 0 radical (unpaired) electrons. The molecule has 140 valence electrons. The van der Waals surface area contributed by atoms with Gasteiger partial charge in [0.25, 0.3) is 17.7 Å². The number of halogens is 1. The van der Waals surface area contributed by atoms with Crippen LogP contribution in [-0.4, -0.2) is 42.8 Å². The molecule has 0 spiro atoms. The van der Waals surface area contributed by atoms with Crippen LogP contribution in [0.5, 0.6) is 5.75 Å². The molecule has 0 saturated heterocycles. The van der Waals surface area contributed by atoms with Crippen LogP contribution in [-0.2, 0) is 0 Å². The second-order valence-corrected chi connectivity index (χ2v) is 6.97. The first kappa shape index (κ1) is 19.1. The number of methoxy groups -OCH3 is 1. The molecule has 3 rings (SSSR count). The molecular weight excluding hydrogens is 412 g/mol. The first-order valence-corrected chi connectivity index (χ1v) is 9.39. The Balaban J connectivity index is 1.47. The fourth-order valence-corrected chi connectivity index (χ4v) is 3.37. The first-order chi connectivity index (χ1) is 13.0. The highest BCUT2D eigenvalue weighted by molar-refractivity contribution is 9.10. The van der Waals surface area contributed by atoms with Gasteiger partial charge in [0.15, 0.2) is 0 Å². The number of nitrogens with one attached hydrogen (secondary N) is 1. The Labute approximate surface area is 165 Å². The van der Waals surface area contributed by atoms with Gasteiger partial charge < -0.3 is 10.1 Å². The van der Waals surface area contributed by atoms with E-state index in [4.69, 9.17) is 4.74 Å². The minimum Gasteiger partial charge on any atom is -0.497 e. The highest BCUT2D eigenvalue weighted by atomic mass is 79.9. The predicted molar refractivity (Wildman–Crippen MR) is 104 cm³/mol. The molecule has 0 saturated carbocycles. The largest absolute Gasteiger partial charge is 0.497 e. The van der Waals surface area contributed by atoms with Gasteiger partial charge in [0.1, 0.15) is 5.75 Å². The van der Waals surface area contributed by atoms with E-state index < -0.39 is 0 Å². The zero-order valence-electron chi connectivity index (χ0n) is 14.8. The number of nitrogens with zero attached hydrogens (tertiary/aromatic N) is 1. The number of hydrogen-bond donors (Lipinski definition) is 1. The number of carbonyl (C=O) groups is 3. The second-order valence-electron chi connectivity index (χ2n) is 6.12. The maximum Gasteiger partial charge on any atom is 0.261 e.